The van der Waals surface area contributed by atoms with Crippen molar-refractivity contribution in [1.29, 1.82) is 0 Å². The highest BCUT2D eigenvalue weighted by molar-refractivity contribution is 9.10. The quantitative estimate of drug-likeness (QED) is 0.794. The molecule has 0 saturated carbocycles. The number of benzene rings is 1. The number of hydrogen-bond acceptors (Lipinski definition) is 1. The summed E-state index contributed by atoms with van der Waals surface area (Å²) < 4.78 is 14.0. The third kappa shape index (κ3) is 2.17. The summed E-state index contributed by atoms with van der Waals surface area (Å²) in [6, 6.07) is 4.42. The Morgan fingerprint density at radius 1 is 1.62 bits per heavy atom. The van der Waals surface area contributed by atoms with Gasteiger partial charge in [-0.25, -0.2) is 4.39 Å². The van der Waals surface area contributed by atoms with Gasteiger partial charge in [-0.1, -0.05) is 28.6 Å². The van der Waals surface area contributed by atoms with Gasteiger partial charge in [0.1, 0.15) is 11.4 Å². The van der Waals surface area contributed by atoms with Crippen LogP contribution in [0.5, 0.6) is 0 Å². The van der Waals surface area contributed by atoms with Crippen molar-refractivity contribution in [2.45, 2.75) is 12.5 Å². The smallest absolute Gasteiger partial charge is 0.129 e. The number of rotatable bonds is 2. The number of hydrogen-bond donors (Lipinski definition) is 1. The van der Waals surface area contributed by atoms with Crippen LogP contribution in [0.15, 0.2) is 35.3 Å². The fourth-order valence-electron chi connectivity index (χ4n) is 0.995. The molecule has 0 aliphatic rings. The zero-order valence-corrected chi connectivity index (χ0v) is 8.81. The molecule has 0 saturated heterocycles. The molecule has 3 heteroatoms. The maximum atomic E-state index is 13.2. The first-order valence-electron chi connectivity index (χ1n) is 3.79. The summed E-state index contributed by atoms with van der Waals surface area (Å²) in [6.07, 6.45) is 1.30. The fraction of sp³-hybridized carbons (Fsp3) is 0.200. The summed E-state index contributed by atoms with van der Waals surface area (Å²) in [7, 11) is 0. The van der Waals surface area contributed by atoms with Gasteiger partial charge in [-0.05, 0) is 25.1 Å². The number of aliphatic hydroxyl groups is 1. The van der Waals surface area contributed by atoms with E-state index in [9.17, 15) is 9.50 Å². The molecule has 1 rings (SSSR count). The van der Waals surface area contributed by atoms with Gasteiger partial charge in [-0.3, -0.25) is 0 Å². The van der Waals surface area contributed by atoms with E-state index in [4.69, 9.17) is 0 Å². The fourth-order valence-corrected chi connectivity index (χ4v) is 1.36. The molecule has 0 radical (unpaired) electrons. The molecule has 1 aromatic carbocycles. The molecule has 0 fully saturated rings. The van der Waals surface area contributed by atoms with Crippen molar-refractivity contribution in [3.05, 3.63) is 46.7 Å². The number of halogens is 2. The minimum absolute atomic E-state index is 0.219. The normalized spacial score (nSPS) is 15.1. The van der Waals surface area contributed by atoms with Crippen LogP contribution >= 0.6 is 15.9 Å². The summed E-state index contributed by atoms with van der Waals surface area (Å²) in [5.74, 6) is -0.437. The summed E-state index contributed by atoms with van der Waals surface area (Å²) in [5.41, 5.74) is -1.11. The lowest BCUT2D eigenvalue weighted by Crippen LogP contribution is -2.19. The van der Waals surface area contributed by atoms with Crippen LogP contribution in [0, 0.1) is 5.82 Å². The molecule has 1 nitrogen and oxygen atoms in total. The van der Waals surface area contributed by atoms with Crippen LogP contribution < -0.4 is 0 Å². The van der Waals surface area contributed by atoms with E-state index < -0.39 is 11.4 Å². The van der Waals surface area contributed by atoms with Gasteiger partial charge in [0.2, 0.25) is 0 Å². The molecule has 0 aliphatic heterocycles. The Kier molecular flexibility index (Phi) is 2.88. The minimum Gasteiger partial charge on any atom is -0.381 e. The average molecular weight is 245 g/mol. The van der Waals surface area contributed by atoms with Crippen LogP contribution in [0.2, 0.25) is 0 Å². The predicted octanol–water partition coefficient (Wildman–Crippen LogP) is 2.98. The third-order valence-corrected chi connectivity index (χ3v) is 2.36. The van der Waals surface area contributed by atoms with Gasteiger partial charge in [0.25, 0.3) is 0 Å². The van der Waals surface area contributed by atoms with Crippen molar-refractivity contribution in [2.75, 3.05) is 0 Å². The molecule has 1 aromatic rings. The van der Waals surface area contributed by atoms with Crippen LogP contribution in [0.4, 0.5) is 4.39 Å². The zero-order valence-electron chi connectivity index (χ0n) is 7.22. The van der Waals surface area contributed by atoms with Crippen molar-refractivity contribution in [2.24, 2.45) is 0 Å². The van der Waals surface area contributed by atoms with E-state index in [2.05, 4.69) is 22.5 Å². The Balaban J connectivity index is 3.28. The molecular weight excluding hydrogens is 235 g/mol. The van der Waals surface area contributed by atoms with Gasteiger partial charge < -0.3 is 5.11 Å². The van der Waals surface area contributed by atoms with Gasteiger partial charge in [-0.15, -0.1) is 0 Å². The highest BCUT2D eigenvalue weighted by atomic mass is 79.9. The van der Waals surface area contributed by atoms with E-state index in [0.717, 1.165) is 4.47 Å². The highest BCUT2D eigenvalue weighted by Gasteiger charge is 2.22. The Hall–Kier alpha value is -0.670. The molecule has 1 unspecified atom stereocenters. The van der Waals surface area contributed by atoms with E-state index in [0.29, 0.717) is 0 Å². The van der Waals surface area contributed by atoms with Crippen LogP contribution in [0.3, 0.4) is 0 Å². The molecule has 70 valence electrons. The Bertz CT molecular complexity index is 334. The molecule has 0 aliphatic carbocycles. The topological polar surface area (TPSA) is 20.2 Å². The van der Waals surface area contributed by atoms with Crippen LogP contribution in [-0.4, -0.2) is 5.11 Å². The molecular formula is C10H10BrFO. The van der Waals surface area contributed by atoms with Crippen molar-refractivity contribution in [3.8, 4) is 0 Å². The zero-order chi connectivity index (χ0) is 10.1. The van der Waals surface area contributed by atoms with Crippen LogP contribution in [-0.2, 0) is 5.60 Å². The minimum atomic E-state index is -1.33. The first-order valence-corrected chi connectivity index (χ1v) is 4.58. The van der Waals surface area contributed by atoms with E-state index in [1.807, 2.05) is 0 Å². The standard InChI is InChI=1S/C10H10BrFO/c1-3-10(2,13)8-6-7(11)4-5-9(8)12/h3-6,13H,1H2,2H3. The average Bonchev–Trinajstić information content (AvgIpc) is 2.09. The van der Waals surface area contributed by atoms with Crippen molar-refractivity contribution < 1.29 is 9.50 Å². The molecule has 0 spiro atoms. The molecule has 0 bridgehead atoms. The third-order valence-electron chi connectivity index (χ3n) is 1.87. The first-order chi connectivity index (χ1) is 5.97. The first kappa shape index (κ1) is 10.4. The van der Waals surface area contributed by atoms with Gasteiger partial charge in [-0.2, -0.15) is 0 Å². The van der Waals surface area contributed by atoms with Crippen molar-refractivity contribution in [1.82, 2.24) is 0 Å². The van der Waals surface area contributed by atoms with Gasteiger partial charge in [0.05, 0.1) is 0 Å². The SMILES string of the molecule is C=CC(C)(O)c1cc(Br)ccc1F. The van der Waals surface area contributed by atoms with Crippen LogP contribution in [0.1, 0.15) is 12.5 Å². The largest absolute Gasteiger partial charge is 0.381 e. The lowest BCUT2D eigenvalue weighted by Gasteiger charge is -2.19. The lowest BCUT2D eigenvalue weighted by molar-refractivity contribution is 0.107. The van der Waals surface area contributed by atoms with Crippen LogP contribution in [0.25, 0.3) is 0 Å². The second-order valence-electron chi connectivity index (χ2n) is 2.98. The summed E-state index contributed by atoms with van der Waals surface area (Å²) in [5, 5.41) is 9.72. The lowest BCUT2D eigenvalue weighted by atomic mass is 9.96. The molecule has 0 amide bonds. The van der Waals surface area contributed by atoms with Gasteiger partial charge in [0.15, 0.2) is 0 Å². The van der Waals surface area contributed by atoms with E-state index >= 15 is 0 Å². The monoisotopic (exact) mass is 244 g/mol. The van der Waals surface area contributed by atoms with E-state index in [1.54, 1.807) is 6.07 Å². The molecule has 1 atom stereocenters. The summed E-state index contributed by atoms with van der Waals surface area (Å²) >= 11 is 3.21. The van der Waals surface area contributed by atoms with Crippen molar-refractivity contribution in [3.63, 3.8) is 0 Å². The van der Waals surface area contributed by atoms with Gasteiger partial charge in [0, 0.05) is 10.0 Å². The van der Waals surface area contributed by atoms with Crippen molar-refractivity contribution >= 4 is 15.9 Å². The predicted molar refractivity (Wildman–Crippen MR) is 53.9 cm³/mol. The second kappa shape index (κ2) is 3.60. The maximum Gasteiger partial charge on any atom is 0.129 e. The summed E-state index contributed by atoms with van der Waals surface area (Å²) in [4.78, 5) is 0. The van der Waals surface area contributed by atoms with Gasteiger partial charge >= 0.3 is 0 Å². The summed E-state index contributed by atoms with van der Waals surface area (Å²) in [6.45, 7) is 4.94. The highest BCUT2D eigenvalue weighted by Crippen LogP contribution is 2.27. The Morgan fingerprint density at radius 3 is 2.77 bits per heavy atom. The molecule has 0 aromatic heterocycles. The molecule has 13 heavy (non-hydrogen) atoms. The van der Waals surface area contributed by atoms with E-state index in [1.165, 1.54) is 25.1 Å². The van der Waals surface area contributed by atoms with E-state index in [-0.39, 0.29) is 5.56 Å². The maximum absolute atomic E-state index is 13.2. The molecule has 0 heterocycles. The Morgan fingerprint density at radius 2 is 2.23 bits per heavy atom. The second-order valence-corrected chi connectivity index (χ2v) is 3.89. The molecule has 1 N–H and O–H groups in total. The Labute approximate surface area is 85.0 Å².